The highest BCUT2D eigenvalue weighted by atomic mass is 15.1. The van der Waals surface area contributed by atoms with Crippen molar-refractivity contribution in [2.45, 2.75) is 41.5 Å². The van der Waals surface area contributed by atoms with Crippen LogP contribution in [0.5, 0.6) is 0 Å². The molecule has 3 heterocycles. The summed E-state index contributed by atoms with van der Waals surface area (Å²) in [6, 6.07) is 32.9. The molecular weight excluding hydrogens is 564 g/mol. The molecule has 0 aliphatic rings. The van der Waals surface area contributed by atoms with Gasteiger partial charge in [-0.15, -0.1) is 0 Å². The molecule has 0 N–H and O–H groups in total. The van der Waals surface area contributed by atoms with Crippen molar-refractivity contribution in [3.05, 3.63) is 124 Å². The Morgan fingerprint density at radius 3 is 1.26 bits per heavy atom. The number of hydrogen-bond donors (Lipinski definition) is 0. The van der Waals surface area contributed by atoms with Crippen LogP contribution in [0.2, 0.25) is 0 Å². The van der Waals surface area contributed by atoms with Gasteiger partial charge in [0.05, 0.1) is 39.0 Å². The molecule has 0 saturated carbocycles. The smallest absolute Gasteiger partial charge is 0.165 e. The van der Waals surface area contributed by atoms with Crippen molar-refractivity contribution in [2.75, 3.05) is 0 Å². The van der Waals surface area contributed by atoms with Crippen LogP contribution in [-0.2, 0) is 0 Å². The van der Waals surface area contributed by atoms with E-state index in [9.17, 15) is 5.26 Å². The van der Waals surface area contributed by atoms with Gasteiger partial charge in [0.15, 0.2) is 5.82 Å². The maximum absolute atomic E-state index is 10.8. The Bertz CT molecular complexity index is 2470. The molecule has 0 atom stereocenters. The molecule has 0 saturated heterocycles. The van der Waals surface area contributed by atoms with Gasteiger partial charge in [-0.25, -0.2) is 15.0 Å². The first-order valence-corrected chi connectivity index (χ1v) is 15.5. The van der Waals surface area contributed by atoms with Crippen LogP contribution in [0.25, 0.3) is 66.4 Å². The minimum Gasteiger partial charge on any atom is -0.308 e. The number of benzene rings is 5. The summed E-state index contributed by atoms with van der Waals surface area (Å²) in [5, 5.41) is 15.5. The van der Waals surface area contributed by atoms with E-state index in [1.807, 2.05) is 19.9 Å². The van der Waals surface area contributed by atoms with E-state index in [0.29, 0.717) is 23.0 Å². The molecule has 222 valence electrons. The minimum absolute atomic E-state index is 0.568. The van der Waals surface area contributed by atoms with Gasteiger partial charge in [0, 0.05) is 27.1 Å². The standard InChI is InChI=1S/C40H32N6/c1-22-7-11-29-30-12-8-23(2)16-36(30)45(35(29)15-22)34-20-33(40-43-26(5)42-27(6)44-40)39(19-28(34)21-41)46-37-17-24(3)9-13-31(37)32-14-10-25(4)18-38(32)46/h7-20H,1-6H3. The van der Waals surface area contributed by atoms with Crippen molar-refractivity contribution >= 4 is 43.6 Å². The quantitative estimate of drug-likeness (QED) is 0.204. The minimum atomic E-state index is 0.568. The predicted molar refractivity (Wildman–Crippen MR) is 187 cm³/mol. The molecule has 0 bridgehead atoms. The summed E-state index contributed by atoms with van der Waals surface area (Å²) in [5.41, 5.74) is 11.9. The molecule has 0 fully saturated rings. The zero-order valence-corrected chi connectivity index (χ0v) is 26.8. The Labute approximate surface area is 267 Å². The van der Waals surface area contributed by atoms with Crippen LogP contribution in [0, 0.1) is 52.9 Å². The third kappa shape index (κ3) is 4.20. The fourth-order valence-electron chi connectivity index (χ4n) is 6.95. The van der Waals surface area contributed by atoms with Crippen LogP contribution in [0.15, 0.2) is 84.9 Å². The molecule has 0 amide bonds. The molecule has 6 nitrogen and oxygen atoms in total. The van der Waals surface area contributed by atoms with Crippen LogP contribution in [-0.4, -0.2) is 24.1 Å². The van der Waals surface area contributed by atoms with E-state index in [2.05, 4.69) is 127 Å². The lowest BCUT2D eigenvalue weighted by Crippen LogP contribution is -2.07. The van der Waals surface area contributed by atoms with E-state index >= 15 is 0 Å². The third-order valence-electron chi connectivity index (χ3n) is 8.97. The number of aryl methyl sites for hydroxylation is 6. The second-order valence-electron chi connectivity index (χ2n) is 12.5. The molecule has 0 unspecified atom stereocenters. The largest absolute Gasteiger partial charge is 0.308 e. The fourth-order valence-corrected chi connectivity index (χ4v) is 6.95. The van der Waals surface area contributed by atoms with Gasteiger partial charge >= 0.3 is 0 Å². The molecule has 0 aliphatic heterocycles. The van der Waals surface area contributed by atoms with Gasteiger partial charge in [-0.2, -0.15) is 5.26 Å². The van der Waals surface area contributed by atoms with E-state index in [-0.39, 0.29) is 0 Å². The van der Waals surface area contributed by atoms with Crippen LogP contribution >= 0.6 is 0 Å². The lowest BCUT2D eigenvalue weighted by molar-refractivity contribution is 0.926. The number of hydrogen-bond acceptors (Lipinski definition) is 4. The molecule has 6 heteroatoms. The molecule has 5 aromatic carbocycles. The first kappa shape index (κ1) is 27.7. The first-order chi connectivity index (χ1) is 22.2. The summed E-state index contributed by atoms with van der Waals surface area (Å²) in [4.78, 5) is 14.2. The zero-order valence-electron chi connectivity index (χ0n) is 26.8. The summed E-state index contributed by atoms with van der Waals surface area (Å²) in [6.07, 6.45) is 0. The van der Waals surface area contributed by atoms with Gasteiger partial charge in [0.25, 0.3) is 0 Å². The van der Waals surface area contributed by atoms with Crippen molar-refractivity contribution in [3.8, 4) is 28.8 Å². The average molecular weight is 597 g/mol. The normalized spacial score (nSPS) is 11.7. The number of aromatic nitrogens is 5. The average Bonchev–Trinajstić information content (AvgIpc) is 3.50. The van der Waals surface area contributed by atoms with Crippen molar-refractivity contribution in [1.82, 2.24) is 24.1 Å². The number of nitrogens with zero attached hydrogens (tertiary/aromatic N) is 6. The monoisotopic (exact) mass is 596 g/mol. The van der Waals surface area contributed by atoms with Crippen molar-refractivity contribution < 1.29 is 0 Å². The van der Waals surface area contributed by atoms with Gasteiger partial charge in [-0.3, -0.25) is 0 Å². The van der Waals surface area contributed by atoms with Gasteiger partial charge in [0.2, 0.25) is 0 Å². The summed E-state index contributed by atoms with van der Waals surface area (Å²) >= 11 is 0. The predicted octanol–water partition coefficient (Wildman–Crippen LogP) is 9.45. The fraction of sp³-hybridized carbons (Fsp3) is 0.150. The molecule has 46 heavy (non-hydrogen) atoms. The molecule has 8 aromatic rings. The van der Waals surface area contributed by atoms with Crippen molar-refractivity contribution in [2.24, 2.45) is 0 Å². The highest BCUT2D eigenvalue weighted by Gasteiger charge is 2.23. The Kier molecular flexibility index (Phi) is 6.10. The van der Waals surface area contributed by atoms with Gasteiger partial charge in [-0.1, -0.05) is 48.5 Å². The summed E-state index contributed by atoms with van der Waals surface area (Å²) in [5.74, 6) is 1.88. The maximum atomic E-state index is 10.8. The van der Waals surface area contributed by atoms with Gasteiger partial charge < -0.3 is 9.13 Å². The van der Waals surface area contributed by atoms with Crippen LogP contribution < -0.4 is 0 Å². The van der Waals surface area contributed by atoms with Gasteiger partial charge in [0.1, 0.15) is 17.7 Å². The molecule has 0 radical (unpaired) electrons. The second-order valence-corrected chi connectivity index (χ2v) is 12.5. The summed E-state index contributed by atoms with van der Waals surface area (Å²) in [7, 11) is 0. The lowest BCUT2D eigenvalue weighted by atomic mass is 10.0. The highest BCUT2D eigenvalue weighted by molar-refractivity contribution is 6.11. The third-order valence-corrected chi connectivity index (χ3v) is 8.97. The number of rotatable bonds is 3. The van der Waals surface area contributed by atoms with E-state index in [1.54, 1.807) is 0 Å². The van der Waals surface area contributed by atoms with Crippen molar-refractivity contribution in [1.29, 1.82) is 5.26 Å². The lowest BCUT2D eigenvalue weighted by Gasteiger charge is -2.18. The first-order valence-electron chi connectivity index (χ1n) is 15.5. The van der Waals surface area contributed by atoms with E-state index < -0.39 is 0 Å². The number of nitriles is 1. The van der Waals surface area contributed by atoms with Crippen LogP contribution in [0.3, 0.4) is 0 Å². The maximum Gasteiger partial charge on any atom is 0.165 e. The Balaban J connectivity index is 1.57. The van der Waals surface area contributed by atoms with Crippen LogP contribution in [0.1, 0.15) is 39.5 Å². The molecule has 0 aliphatic carbocycles. The van der Waals surface area contributed by atoms with Gasteiger partial charge in [-0.05, 0) is 100 Å². The Hall–Kier alpha value is -5.80. The highest BCUT2D eigenvalue weighted by Crippen LogP contribution is 2.40. The zero-order chi connectivity index (χ0) is 31.9. The van der Waals surface area contributed by atoms with E-state index in [0.717, 1.165) is 82.8 Å². The Morgan fingerprint density at radius 1 is 0.478 bits per heavy atom. The number of fused-ring (bicyclic) bond motifs is 6. The molecule has 0 spiro atoms. The SMILES string of the molecule is Cc1ccc2c3ccc(C)cc3n(-c3cc(-c4nc(C)nc(C)n4)c(-n4c5cc(C)ccc5c5ccc(C)cc54)cc3C#N)c2c1. The Morgan fingerprint density at radius 2 is 0.870 bits per heavy atom. The van der Waals surface area contributed by atoms with Crippen LogP contribution in [0.4, 0.5) is 0 Å². The molecule has 8 rings (SSSR count). The van der Waals surface area contributed by atoms with E-state index in [4.69, 9.17) is 9.97 Å². The molecular formula is C40H32N6. The molecule has 3 aromatic heterocycles. The topological polar surface area (TPSA) is 72.3 Å². The van der Waals surface area contributed by atoms with E-state index in [1.165, 1.54) is 0 Å². The second kappa shape index (κ2) is 10.1. The summed E-state index contributed by atoms with van der Waals surface area (Å²) in [6.45, 7) is 12.2. The van der Waals surface area contributed by atoms with Crippen molar-refractivity contribution in [3.63, 3.8) is 0 Å². The summed E-state index contributed by atoms with van der Waals surface area (Å²) < 4.78 is 4.51.